The highest BCUT2D eigenvalue weighted by Gasteiger charge is 2.35. The van der Waals surface area contributed by atoms with E-state index in [1.54, 1.807) is 7.05 Å². The van der Waals surface area contributed by atoms with Gasteiger partial charge < -0.3 is 14.8 Å². The Labute approximate surface area is 126 Å². The lowest BCUT2D eigenvalue weighted by Crippen LogP contribution is -2.52. The van der Waals surface area contributed by atoms with Crippen molar-refractivity contribution in [2.75, 3.05) is 20.3 Å². The second kappa shape index (κ2) is 7.05. The van der Waals surface area contributed by atoms with Crippen molar-refractivity contribution in [1.82, 2.24) is 5.32 Å². The molecule has 2 unspecified atom stereocenters. The summed E-state index contributed by atoms with van der Waals surface area (Å²) in [6, 6.07) is 8.40. The van der Waals surface area contributed by atoms with Crippen LogP contribution in [-0.4, -0.2) is 31.8 Å². The fourth-order valence-electron chi connectivity index (χ4n) is 2.67. The molecule has 1 aliphatic carbocycles. The summed E-state index contributed by atoms with van der Waals surface area (Å²) >= 11 is 0. The van der Waals surface area contributed by atoms with E-state index in [0.29, 0.717) is 13.2 Å². The van der Waals surface area contributed by atoms with Crippen LogP contribution in [0.2, 0.25) is 0 Å². The third kappa shape index (κ3) is 3.63. The lowest BCUT2D eigenvalue weighted by Gasteiger charge is -2.31. The molecular formula is C17H25NO3. The summed E-state index contributed by atoms with van der Waals surface area (Å²) in [6.45, 7) is 4.32. The van der Waals surface area contributed by atoms with E-state index >= 15 is 0 Å². The van der Waals surface area contributed by atoms with E-state index in [9.17, 15) is 4.79 Å². The number of ether oxygens (including phenoxy) is 2. The van der Waals surface area contributed by atoms with E-state index in [1.165, 1.54) is 11.1 Å². The zero-order valence-corrected chi connectivity index (χ0v) is 13.1. The van der Waals surface area contributed by atoms with Crippen LogP contribution < -0.4 is 5.32 Å². The average molecular weight is 291 g/mol. The van der Waals surface area contributed by atoms with Crippen LogP contribution >= 0.6 is 0 Å². The molecule has 0 bridgehead atoms. The molecule has 0 aromatic heterocycles. The first kappa shape index (κ1) is 16.0. The molecule has 0 heterocycles. The van der Waals surface area contributed by atoms with Gasteiger partial charge in [0.25, 0.3) is 0 Å². The maximum Gasteiger partial charge on any atom is 0.328 e. The lowest BCUT2D eigenvalue weighted by atomic mass is 9.89. The van der Waals surface area contributed by atoms with Crippen molar-refractivity contribution in [3.8, 4) is 0 Å². The molecule has 116 valence electrons. The van der Waals surface area contributed by atoms with Crippen molar-refractivity contribution < 1.29 is 14.3 Å². The highest BCUT2D eigenvalue weighted by Crippen LogP contribution is 2.32. The molecule has 0 spiro atoms. The fourth-order valence-corrected chi connectivity index (χ4v) is 2.67. The molecule has 1 aliphatic rings. The number of carbonyl (C=O) groups excluding carboxylic acids is 1. The van der Waals surface area contributed by atoms with Gasteiger partial charge in [-0.2, -0.15) is 0 Å². The molecule has 2 rings (SSSR count). The third-order valence-electron chi connectivity index (χ3n) is 4.17. The van der Waals surface area contributed by atoms with Gasteiger partial charge in [-0.05, 0) is 51.3 Å². The zero-order chi connectivity index (χ0) is 15.3. The van der Waals surface area contributed by atoms with Gasteiger partial charge in [-0.1, -0.05) is 24.3 Å². The number of aryl methyl sites for hydroxylation is 1. The summed E-state index contributed by atoms with van der Waals surface area (Å²) in [6.07, 6.45) is 3.30. The van der Waals surface area contributed by atoms with Crippen LogP contribution in [0.5, 0.6) is 0 Å². The molecule has 0 fully saturated rings. The van der Waals surface area contributed by atoms with Gasteiger partial charge in [-0.15, -0.1) is 0 Å². The summed E-state index contributed by atoms with van der Waals surface area (Å²) < 4.78 is 11.2. The lowest BCUT2D eigenvalue weighted by molar-refractivity contribution is -0.154. The molecular weight excluding hydrogens is 266 g/mol. The molecule has 0 aliphatic heterocycles. The SMILES string of the molecule is CCOC(=O)C(C)(COC1CCCc2ccccc21)NC. The van der Waals surface area contributed by atoms with Gasteiger partial charge in [0.1, 0.15) is 5.54 Å². The Bertz CT molecular complexity index is 489. The highest BCUT2D eigenvalue weighted by molar-refractivity contribution is 5.80. The maximum absolute atomic E-state index is 12.0. The predicted octanol–water partition coefficient (Wildman–Crippen LogP) is 2.62. The zero-order valence-electron chi connectivity index (χ0n) is 13.1. The largest absolute Gasteiger partial charge is 0.465 e. The molecule has 0 saturated heterocycles. The predicted molar refractivity (Wildman–Crippen MR) is 82.2 cm³/mol. The Morgan fingerprint density at radius 2 is 2.19 bits per heavy atom. The molecule has 0 radical (unpaired) electrons. The number of fused-ring (bicyclic) bond motifs is 1. The maximum atomic E-state index is 12.0. The molecule has 0 amide bonds. The Hall–Kier alpha value is -1.39. The van der Waals surface area contributed by atoms with Crippen LogP contribution in [0.4, 0.5) is 0 Å². The number of carbonyl (C=O) groups is 1. The summed E-state index contributed by atoms with van der Waals surface area (Å²) in [5, 5.41) is 3.03. The quantitative estimate of drug-likeness (QED) is 0.819. The minimum absolute atomic E-state index is 0.0667. The standard InChI is InChI=1S/C17H25NO3/c1-4-20-16(19)17(2,18-3)12-21-15-11-7-9-13-8-5-6-10-14(13)15/h5-6,8,10,15,18H,4,7,9,11-12H2,1-3H3. The molecule has 2 atom stereocenters. The Morgan fingerprint density at radius 3 is 2.90 bits per heavy atom. The van der Waals surface area contributed by atoms with E-state index in [1.807, 2.05) is 19.9 Å². The van der Waals surface area contributed by atoms with Crippen LogP contribution in [-0.2, 0) is 20.7 Å². The molecule has 4 nitrogen and oxygen atoms in total. The van der Waals surface area contributed by atoms with Gasteiger partial charge in [0.2, 0.25) is 0 Å². The first-order valence-electron chi connectivity index (χ1n) is 7.66. The van der Waals surface area contributed by atoms with Crippen molar-refractivity contribution in [3.63, 3.8) is 0 Å². The van der Waals surface area contributed by atoms with E-state index < -0.39 is 5.54 Å². The summed E-state index contributed by atoms with van der Waals surface area (Å²) in [5.41, 5.74) is 1.81. The fraction of sp³-hybridized carbons (Fsp3) is 0.588. The number of benzene rings is 1. The highest BCUT2D eigenvalue weighted by atomic mass is 16.5. The Balaban J connectivity index is 2.04. The normalized spacial score (nSPS) is 20.4. The first-order chi connectivity index (χ1) is 10.1. The summed E-state index contributed by atoms with van der Waals surface area (Å²) in [7, 11) is 1.76. The molecule has 0 saturated carbocycles. The molecule has 1 aromatic rings. The molecule has 21 heavy (non-hydrogen) atoms. The number of nitrogens with one attached hydrogen (secondary N) is 1. The minimum Gasteiger partial charge on any atom is -0.465 e. The topological polar surface area (TPSA) is 47.6 Å². The van der Waals surface area contributed by atoms with Crippen LogP contribution in [0.3, 0.4) is 0 Å². The van der Waals surface area contributed by atoms with Gasteiger partial charge in [0.15, 0.2) is 0 Å². The number of hydrogen-bond donors (Lipinski definition) is 1. The monoisotopic (exact) mass is 291 g/mol. The second-order valence-corrected chi connectivity index (χ2v) is 5.69. The van der Waals surface area contributed by atoms with E-state index in [-0.39, 0.29) is 12.1 Å². The summed E-state index contributed by atoms with van der Waals surface area (Å²) in [5.74, 6) is -0.267. The Morgan fingerprint density at radius 1 is 1.43 bits per heavy atom. The van der Waals surface area contributed by atoms with Crippen LogP contribution in [0.1, 0.15) is 43.9 Å². The molecule has 1 N–H and O–H groups in total. The van der Waals surface area contributed by atoms with Crippen LogP contribution in [0.25, 0.3) is 0 Å². The first-order valence-corrected chi connectivity index (χ1v) is 7.66. The van der Waals surface area contributed by atoms with Gasteiger partial charge in [0.05, 0.1) is 19.3 Å². The molecule has 4 heteroatoms. The van der Waals surface area contributed by atoms with Crippen molar-refractivity contribution in [1.29, 1.82) is 0 Å². The molecule has 1 aromatic carbocycles. The number of rotatable bonds is 6. The smallest absolute Gasteiger partial charge is 0.328 e. The van der Waals surface area contributed by atoms with E-state index in [2.05, 4.69) is 23.5 Å². The minimum atomic E-state index is -0.803. The second-order valence-electron chi connectivity index (χ2n) is 5.69. The Kier molecular flexibility index (Phi) is 5.37. The van der Waals surface area contributed by atoms with Crippen molar-refractivity contribution in [2.24, 2.45) is 0 Å². The number of esters is 1. The van der Waals surface area contributed by atoms with Crippen LogP contribution in [0.15, 0.2) is 24.3 Å². The van der Waals surface area contributed by atoms with Crippen molar-refractivity contribution in [3.05, 3.63) is 35.4 Å². The summed E-state index contributed by atoms with van der Waals surface area (Å²) in [4.78, 5) is 12.0. The van der Waals surface area contributed by atoms with Crippen molar-refractivity contribution >= 4 is 5.97 Å². The van der Waals surface area contributed by atoms with Gasteiger partial charge in [-0.25, -0.2) is 4.79 Å². The number of likely N-dealkylation sites (N-methyl/N-ethyl adjacent to an activating group) is 1. The number of hydrogen-bond acceptors (Lipinski definition) is 4. The van der Waals surface area contributed by atoms with Gasteiger partial charge >= 0.3 is 5.97 Å². The van der Waals surface area contributed by atoms with Crippen LogP contribution in [0, 0.1) is 0 Å². The third-order valence-corrected chi connectivity index (χ3v) is 4.17. The van der Waals surface area contributed by atoms with Gasteiger partial charge in [0, 0.05) is 0 Å². The van der Waals surface area contributed by atoms with Gasteiger partial charge in [-0.3, -0.25) is 0 Å². The van der Waals surface area contributed by atoms with E-state index in [4.69, 9.17) is 9.47 Å². The average Bonchev–Trinajstić information content (AvgIpc) is 2.52. The van der Waals surface area contributed by atoms with Crippen molar-refractivity contribution in [2.45, 2.75) is 44.8 Å². The van der Waals surface area contributed by atoms with E-state index in [0.717, 1.165) is 19.3 Å².